The number of aliphatic imine (C=N–C) groups is 1. The number of nitrogens with one attached hydrogen (secondary N) is 1. The zero-order chi connectivity index (χ0) is 20.0. The third-order valence-electron chi connectivity index (χ3n) is 5.05. The molecule has 28 heavy (non-hydrogen) atoms. The summed E-state index contributed by atoms with van der Waals surface area (Å²) in [5.74, 6) is 0.392. The summed E-state index contributed by atoms with van der Waals surface area (Å²) in [5.41, 5.74) is 4.93. The number of hydrogen-bond acceptors (Lipinski definition) is 6. The predicted molar refractivity (Wildman–Crippen MR) is 110 cm³/mol. The van der Waals surface area contributed by atoms with Gasteiger partial charge >= 0.3 is 5.97 Å². The summed E-state index contributed by atoms with van der Waals surface area (Å²) in [7, 11) is 1.88. The van der Waals surface area contributed by atoms with E-state index >= 15 is 0 Å². The number of aromatic nitrogens is 3. The molecule has 0 bridgehead atoms. The molecule has 0 spiro atoms. The molecule has 2 N–H and O–H groups in total. The lowest BCUT2D eigenvalue weighted by molar-refractivity contribution is -0.137. The van der Waals surface area contributed by atoms with Crippen molar-refractivity contribution in [2.75, 3.05) is 12.4 Å². The highest BCUT2D eigenvalue weighted by molar-refractivity contribution is 7.15. The van der Waals surface area contributed by atoms with Gasteiger partial charge < -0.3 is 10.4 Å². The van der Waals surface area contributed by atoms with Gasteiger partial charge in [0.2, 0.25) is 0 Å². The van der Waals surface area contributed by atoms with Crippen molar-refractivity contribution in [2.45, 2.75) is 33.2 Å². The van der Waals surface area contributed by atoms with Crippen molar-refractivity contribution in [2.24, 2.45) is 4.99 Å². The number of thiophene rings is 1. The maximum atomic E-state index is 11.5. The fourth-order valence-corrected chi connectivity index (χ4v) is 4.70. The molecule has 1 aromatic carbocycles. The Labute approximate surface area is 166 Å². The molecule has 8 heteroatoms. The molecule has 0 unspecified atom stereocenters. The number of fused-ring (bicyclic) bond motifs is 3. The number of benzene rings is 1. The second kappa shape index (κ2) is 6.87. The summed E-state index contributed by atoms with van der Waals surface area (Å²) in [6.07, 6.45) is -0.136. The number of rotatable bonds is 4. The van der Waals surface area contributed by atoms with E-state index in [1.54, 1.807) is 11.3 Å². The number of nitrogens with zero attached hydrogens (tertiary/aromatic N) is 4. The molecule has 1 aliphatic rings. The second-order valence-corrected chi connectivity index (χ2v) is 8.03. The Morgan fingerprint density at radius 1 is 1.21 bits per heavy atom. The van der Waals surface area contributed by atoms with E-state index in [2.05, 4.69) is 29.4 Å². The zero-order valence-corrected chi connectivity index (χ0v) is 17.0. The van der Waals surface area contributed by atoms with Crippen LogP contribution in [0.5, 0.6) is 0 Å². The molecule has 3 aromatic rings. The molecule has 0 aliphatic carbocycles. The van der Waals surface area contributed by atoms with Gasteiger partial charge in [-0.2, -0.15) is 0 Å². The SMILES string of the molecule is CNc1ccc(C2=N[C@@H](CC(=O)O)c3nnc(C)n3-c3sc(C)c(C)c32)cc1. The summed E-state index contributed by atoms with van der Waals surface area (Å²) >= 11 is 1.66. The number of carboxylic acids is 1. The first kappa shape index (κ1) is 18.4. The molecule has 1 atom stereocenters. The molecular formula is C20H21N5O2S. The number of carbonyl (C=O) groups is 1. The summed E-state index contributed by atoms with van der Waals surface area (Å²) in [6.45, 7) is 6.05. The zero-order valence-electron chi connectivity index (χ0n) is 16.1. The van der Waals surface area contributed by atoms with E-state index in [0.717, 1.165) is 38.9 Å². The van der Waals surface area contributed by atoms with Gasteiger partial charge in [-0.1, -0.05) is 12.1 Å². The molecule has 3 heterocycles. The van der Waals surface area contributed by atoms with Crippen LogP contribution in [0.2, 0.25) is 0 Å². The highest BCUT2D eigenvalue weighted by Gasteiger charge is 2.32. The molecule has 0 radical (unpaired) electrons. The van der Waals surface area contributed by atoms with Gasteiger partial charge in [-0.15, -0.1) is 21.5 Å². The van der Waals surface area contributed by atoms with E-state index in [0.29, 0.717) is 5.82 Å². The minimum absolute atomic E-state index is 0.136. The van der Waals surface area contributed by atoms with Crippen molar-refractivity contribution in [3.63, 3.8) is 0 Å². The highest BCUT2D eigenvalue weighted by Crippen LogP contribution is 2.39. The number of carboxylic acid groups (broad SMARTS) is 1. The first-order chi connectivity index (χ1) is 13.4. The van der Waals surface area contributed by atoms with Gasteiger partial charge in [0.1, 0.15) is 16.9 Å². The van der Waals surface area contributed by atoms with Gasteiger partial charge in [-0.25, -0.2) is 0 Å². The molecule has 0 saturated carbocycles. The number of anilines is 1. The van der Waals surface area contributed by atoms with Gasteiger partial charge in [-0.05, 0) is 38.5 Å². The lowest BCUT2D eigenvalue weighted by Gasteiger charge is -2.11. The summed E-state index contributed by atoms with van der Waals surface area (Å²) < 4.78 is 1.96. The molecule has 144 valence electrons. The molecule has 0 saturated heterocycles. The predicted octanol–water partition coefficient (Wildman–Crippen LogP) is 3.66. The van der Waals surface area contributed by atoms with Crippen LogP contribution in [0.1, 0.15) is 45.7 Å². The Kier molecular flexibility index (Phi) is 4.50. The van der Waals surface area contributed by atoms with Crippen LogP contribution in [-0.4, -0.2) is 38.6 Å². The maximum Gasteiger partial charge on any atom is 0.306 e. The monoisotopic (exact) mass is 395 g/mol. The summed E-state index contributed by atoms with van der Waals surface area (Å²) in [5, 5.41) is 22.1. The van der Waals surface area contributed by atoms with Crippen LogP contribution in [0.25, 0.3) is 5.00 Å². The third kappa shape index (κ3) is 2.90. The fraction of sp³-hybridized carbons (Fsp3) is 0.300. The van der Waals surface area contributed by atoms with E-state index in [4.69, 9.17) is 4.99 Å². The van der Waals surface area contributed by atoms with Crippen molar-refractivity contribution in [1.82, 2.24) is 14.8 Å². The third-order valence-corrected chi connectivity index (χ3v) is 6.25. The van der Waals surface area contributed by atoms with E-state index in [9.17, 15) is 9.90 Å². The maximum absolute atomic E-state index is 11.5. The average Bonchev–Trinajstić information content (AvgIpc) is 3.14. The second-order valence-electron chi connectivity index (χ2n) is 6.82. The number of aliphatic carboxylic acids is 1. The largest absolute Gasteiger partial charge is 0.481 e. The molecule has 2 aromatic heterocycles. The van der Waals surface area contributed by atoms with Gasteiger partial charge in [0.15, 0.2) is 5.82 Å². The van der Waals surface area contributed by atoms with Crippen LogP contribution < -0.4 is 5.32 Å². The van der Waals surface area contributed by atoms with Gasteiger partial charge in [0.05, 0.1) is 12.1 Å². The van der Waals surface area contributed by atoms with Crippen LogP contribution >= 0.6 is 11.3 Å². The Hall–Kier alpha value is -3.00. The molecule has 1 aliphatic heterocycles. The van der Waals surface area contributed by atoms with Crippen molar-refractivity contribution in [1.29, 1.82) is 0 Å². The van der Waals surface area contributed by atoms with Crippen molar-refractivity contribution in [3.05, 3.63) is 57.5 Å². The molecular weight excluding hydrogens is 374 g/mol. The molecule has 4 rings (SSSR count). The smallest absolute Gasteiger partial charge is 0.306 e. The Bertz CT molecular complexity index is 1090. The number of aryl methyl sites for hydroxylation is 2. The average molecular weight is 395 g/mol. The normalized spacial score (nSPS) is 15.4. The van der Waals surface area contributed by atoms with Crippen LogP contribution in [0, 0.1) is 20.8 Å². The Morgan fingerprint density at radius 2 is 1.93 bits per heavy atom. The standard InChI is InChI=1S/C20H21N5O2S/c1-10-11(2)28-20-17(10)18(13-5-7-14(21-4)8-6-13)22-15(9-16(26)27)19-24-23-12(3)25(19)20/h5-8,15,21H,9H2,1-4H3,(H,26,27)/t15-/m0/s1. The minimum Gasteiger partial charge on any atom is -0.481 e. The lowest BCUT2D eigenvalue weighted by Crippen LogP contribution is -2.10. The van der Waals surface area contributed by atoms with E-state index in [1.165, 1.54) is 4.88 Å². The van der Waals surface area contributed by atoms with Crippen molar-refractivity contribution in [3.8, 4) is 5.00 Å². The van der Waals surface area contributed by atoms with Crippen LogP contribution in [-0.2, 0) is 4.79 Å². The minimum atomic E-state index is -0.913. The highest BCUT2D eigenvalue weighted by atomic mass is 32.1. The van der Waals surface area contributed by atoms with Gasteiger partial charge in [0.25, 0.3) is 0 Å². The number of hydrogen-bond donors (Lipinski definition) is 2. The van der Waals surface area contributed by atoms with Crippen LogP contribution in [0.3, 0.4) is 0 Å². The lowest BCUT2D eigenvalue weighted by atomic mass is 9.99. The Balaban J connectivity index is 2.00. The fourth-order valence-electron chi connectivity index (χ4n) is 3.48. The van der Waals surface area contributed by atoms with Gasteiger partial charge in [0, 0.05) is 28.7 Å². The molecule has 0 amide bonds. The molecule has 7 nitrogen and oxygen atoms in total. The van der Waals surface area contributed by atoms with E-state index in [-0.39, 0.29) is 6.42 Å². The van der Waals surface area contributed by atoms with Crippen LogP contribution in [0.4, 0.5) is 5.69 Å². The Morgan fingerprint density at radius 3 is 2.57 bits per heavy atom. The van der Waals surface area contributed by atoms with Crippen molar-refractivity contribution >= 4 is 28.7 Å². The summed E-state index contributed by atoms with van der Waals surface area (Å²) in [6, 6.07) is 7.41. The molecule has 0 fully saturated rings. The van der Waals surface area contributed by atoms with Gasteiger partial charge in [-0.3, -0.25) is 14.4 Å². The van der Waals surface area contributed by atoms with Crippen molar-refractivity contribution < 1.29 is 9.90 Å². The topological polar surface area (TPSA) is 92.4 Å². The van der Waals surface area contributed by atoms with Crippen LogP contribution in [0.15, 0.2) is 29.3 Å². The van der Waals surface area contributed by atoms with E-state index in [1.807, 2.05) is 42.8 Å². The quantitative estimate of drug-likeness (QED) is 0.703. The first-order valence-corrected chi connectivity index (χ1v) is 9.82. The first-order valence-electron chi connectivity index (χ1n) is 9.01. The van der Waals surface area contributed by atoms with E-state index < -0.39 is 12.0 Å². The summed E-state index contributed by atoms with van der Waals surface area (Å²) in [4.78, 5) is 17.6.